The van der Waals surface area contributed by atoms with Gasteiger partial charge < -0.3 is 24.8 Å². The zero-order valence-corrected chi connectivity index (χ0v) is 30.6. The van der Waals surface area contributed by atoms with Crippen LogP contribution in [-0.2, 0) is 23.9 Å². The third-order valence-corrected chi connectivity index (χ3v) is 13.6. The van der Waals surface area contributed by atoms with Gasteiger partial charge in [-0.1, -0.05) is 45.4 Å². The first kappa shape index (κ1) is 36.8. The number of amides is 2. The van der Waals surface area contributed by atoms with Gasteiger partial charge >= 0.3 is 12.1 Å². The van der Waals surface area contributed by atoms with Crippen molar-refractivity contribution in [3.05, 3.63) is 41.9 Å². The molecule has 2 amide bonds. The van der Waals surface area contributed by atoms with Crippen LogP contribution in [0.1, 0.15) is 59.8 Å². The van der Waals surface area contributed by atoms with Crippen LogP contribution in [0, 0.1) is 34.0 Å². The van der Waals surface area contributed by atoms with E-state index in [-0.39, 0.29) is 60.0 Å². The van der Waals surface area contributed by atoms with Crippen molar-refractivity contribution in [2.75, 3.05) is 57.3 Å². The monoisotopic (exact) mass is 712 g/mol. The van der Waals surface area contributed by atoms with Gasteiger partial charge in [-0.15, -0.1) is 6.58 Å². The predicted molar refractivity (Wildman–Crippen MR) is 190 cm³/mol. The van der Waals surface area contributed by atoms with Gasteiger partial charge in [0.1, 0.15) is 18.0 Å². The van der Waals surface area contributed by atoms with Crippen LogP contribution < -0.4 is 10.2 Å². The number of benzene rings is 1. The van der Waals surface area contributed by atoms with Crippen LogP contribution >= 0.6 is 11.6 Å². The third kappa shape index (κ3) is 6.59. The average molecular weight is 713 g/mol. The first-order chi connectivity index (χ1) is 23.7. The van der Waals surface area contributed by atoms with Gasteiger partial charge in [-0.05, 0) is 67.2 Å². The minimum Gasteiger partial charge on any atom is -0.461 e. The lowest BCUT2D eigenvalue weighted by Crippen LogP contribution is -2.63. The molecule has 50 heavy (non-hydrogen) atoms. The number of esters is 1. The highest BCUT2D eigenvalue weighted by molar-refractivity contribution is 6.30. The Hall–Kier alpha value is -2.99. The van der Waals surface area contributed by atoms with E-state index in [2.05, 4.69) is 32.7 Å². The Morgan fingerprint density at radius 2 is 1.82 bits per heavy atom. The topological polar surface area (TPSA) is 129 Å². The second-order valence-corrected chi connectivity index (χ2v) is 16.4. The number of ether oxygens (including phenoxy) is 2. The molecule has 0 spiro atoms. The SMILES string of the molecule is C=C[C@]1(C)C[C@@H](OC(=O)CN2CCN(C(=O)CNC[C@H]3CN(c4ccc(Cl)cc4)C(=O)O3)CC2)[C@]2(C)[C@H](C)CC[C@]3(CCC(=O)[C@H]32)[C@@H](C)[C@@H]1O. The van der Waals surface area contributed by atoms with Crippen LogP contribution in [-0.4, -0.2) is 109 Å². The summed E-state index contributed by atoms with van der Waals surface area (Å²) in [6, 6.07) is 6.98. The van der Waals surface area contributed by atoms with E-state index in [1.54, 1.807) is 34.1 Å². The molecule has 2 saturated heterocycles. The number of rotatable bonds is 9. The van der Waals surface area contributed by atoms with E-state index < -0.39 is 29.1 Å². The van der Waals surface area contributed by atoms with Gasteiger partial charge in [-0.3, -0.25) is 24.2 Å². The maximum atomic E-state index is 13.7. The number of hydrogen-bond donors (Lipinski definition) is 2. The summed E-state index contributed by atoms with van der Waals surface area (Å²) in [5.74, 6) is -0.336. The highest BCUT2D eigenvalue weighted by Gasteiger charge is 2.68. The molecule has 5 fully saturated rings. The number of anilines is 1. The summed E-state index contributed by atoms with van der Waals surface area (Å²) < 4.78 is 11.9. The van der Waals surface area contributed by atoms with Crippen molar-refractivity contribution in [3.8, 4) is 0 Å². The first-order valence-electron chi connectivity index (χ1n) is 18.2. The molecule has 0 aromatic heterocycles. The molecule has 3 aliphatic carbocycles. The average Bonchev–Trinajstić information content (AvgIpc) is 3.65. The van der Waals surface area contributed by atoms with E-state index in [0.717, 1.165) is 19.3 Å². The van der Waals surface area contributed by atoms with Gasteiger partial charge in [0.15, 0.2) is 0 Å². The normalized spacial score (nSPS) is 37.5. The van der Waals surface area contributed by atoms with Gasteiger partial charge in [0.25, 0.3) is 0 Å². The van der Waals surface area contributed by atoms with Crippen LogP contribution in [0.4, 0.5) is 10.5 Å². The van der Waals surface area contributed by atoms with Crippen LogP contribution in [0.25, 0.3) is 0 Å². The smallest absolute Gasteiger partial charge is 0.414 e. The quantitative estimate of drug-likeness (QED) is 0.285. The molecular formula is C38H53ClN4O7. The molecule has 274 valence electrons. The number of carbonyl (C=O) groups excluding carboxylic acids is 4. The second-order valence-electron chi connectivity index (χ2n) is 15.9. The number of Topliss-reactive ketones (excluding diaryl/α,β-unsaturated/α-hetero) is 1. The van der Waals surface area contributed by atoms with Gasteiger partial charge in [0.2, 0.25) is 5.91 Å². The van der Waals surface area contributed by atoms with Crippen LogP contribution in [0.15, 0.2) is 36.9 Å². The molecule has 0 radical (unpaired) electrons. The lowest BCUT2D eigenvalue weighted by atomic mass is 9.44. The number of carbonyl (C=O) groups is 4. The summed E-state index contributed by atoms with van der Waals surface area (Å²) in [7, 11) is 0. The van der Waals surface area contributed by atoms with Crippen molar-refractivity contribution in [1.82, 2.24) is 15.1 Å². The molecule has 0 unspecified atom stereocenters. The number of piperazine rings is 1. The zero-order chi connectivity index (χ0) is 36.0. The molecule has 2 bridgehead atoms. The predicted octanol–water partition coefficient (Wildman–Crippen LogP) is 4.31. The maximum absolute atomic E-state index is 13.7. The molecular weight excluding hydrogens is 660 g/mol. The molecule has 5 aliphatic rings. The number of halogens is 1. The standard InChI is InChI=1S/C38H53ClN4O7/c1-6-36(4)19-30(37(5)24(2)11-13-38(25(3)34(36)47)14-12-29(44)33(37)38)50-32(46)23-41-15-17-42(18-16-41)31(45)21-40-20-28-22-43(35(48)49-28)27-9-7-26(39)8-10-27/h6-10,24-25,28,30,33-34,40,47H,1,11-23H2,2-5H3/t24-,25+,28+,30-,33+,34+,36-,37+,38+/m1/s1. The zero-order valence-electron chi connectivity index (χ0n) is 29.9. The van der Waals surface area contributed by atoms with Crippen molar-refractivity contribution in [1.29, 1.82) is 0 Å². The minimum atomic E-state index is -0.704. The fourth-order valence-electron chi connectivity index (χ4n) is 9.95. The van der Waals surface area contributed by atoms with Crippen molar-refractivity contribution < 1.29 is 33.8 Å². The summed E-state index contributed by atoms with van der Waals surface area (Å²) in [5.41, 5.74) is -0.841. The number of aliphatic hydroxyl groups excluding tert-OH is 1. The molecule has 12 heteroatoms. The van der Waals surface area contributed by atoms with Gasteiger partial charge in [-0.25, -0.2) is 4.79 Å². The minimum absolute atomic E-state index is 0.0546. The summed E-state index contributed by atoms with van der Waals surface area (Å²) in [6.07, 6.45) is 3.24. The Labute approximate surface area is 300 Å². The van der Waals surface area contributed by atoms with Crippen molar-refractivity contribution in [2.45, 2.75) is 78.1 Å². The fraction of sp³-hybridized carbons (Fsp3) is 0.684. The largest absolute Gasteiger partial charge is 0.461 e. The number of nitrogens with zero attached hydrogens (tertiary/aromatic N) is 3. The molecule has 1 aromatic rings. The van der Waals surface area contributed by atoms with Gasteiger partial charge in [0.05, 0.1) is 25.7 Å². The van der Waals surface area contributed by atoms with Crippen LogP contribution in [0.5, 0.6) is 0 Å². The first-order valence-corrected chi connectivity index (χ1v) is 18.6. The van der Waals surface area contributed by atoms with E-state index in [1.807, 2.05) is 17.9 Å². The van der Waals surface area contributed by atoms with Crippen LogP contribution in [0.2, 0.25) is 5.02 Å². The maximum Gasteiger partial charge on any atom is 0.414 e. The van der Waals surface area contributed by atoms with E-state index in [4.69, 9.17) is 21.1 Å². The molecule has 6 rings (SSSR count). The molecule has 11 nitrogen and oxygen atoms in total. The van der Waals surface area contributed by atoms with E-state index in [0.29, 0.717) is 62.8 Å². The van der Waals surface area contributed by atoms with Gasteiger partial charge in [-0.2, -0.15) is 0 Å². The van der Waals surface area contributed by atoms with Crippen LogP contribution in [0.3, 0.4) is 0 Å². The lowest BCUT2D eigenvalue weighted by molar-refractivity contribution is -0.207. The number of nitrogens with one attached hydrogen (secondary N) is 1. The molecule has 2 N–H and O–H groups in total. The molecule has 3 saturated carbocycles. The van der Waals surface area contributed by atoms with Crippen molar-refractivity contribution >= 4 is 41.0 Å². The Bertz CT molecular complexity index is 1480. The van der Waals surface area contributed by atoms with E-state index in [9.17, 15) is 24.3 Å². The molecule has 2 heterocycles. The van der Waals surface area contributed by atoms with Crippen molar-refractivity contribution in [2.24, 2.45) is 34.0 Å². The fourth-order valence-corrected chi connectivity index (χ4v) is 10.1. The highest BCUT2D eigenvalue weighted by atomic mass is 35.5. The highest BCUT2D eigenvalue weighted by Crippen LogP contribution is 2.68. The molecule has 1 aromatic carbocycles. The summed E-state index contributed by atoms with van der Waals surface area (Å²) in [5, 5.41) is 15.5. The number of hydrogen-bond acceptors (Lipinski definition) is 9. The Morgan fingerprint density at radius 1 is 1.12 bits per heavy atom. The molecule has 9 atom stereocenters. The number of aliphatic hydroxyl groups is 1. The summed E-state index contributed by atoms with van der Waals surface area (Å²) in [4.78, 5) is 58.0. The second kappa shape index (κ2) is 14.2. The summed E-state index contributed by atoms with van der Waals surface area (Å²) in [6.45, 7) is 15.5. The Morgan fingerprint density at radius 3 is 2.50 bits per heavy atom. The Kier molecular flexibility index (Phi) is 10.5. The van der Waals surface area contributed by atoms with E-state index in [1.165, 1.54) is 0 Å². The number of ketones is 1. The third-order valence-electron chi connectivity index (χ3n) is 13.3. The summed E-state index contributed by atoms with van der Waals surface area (Å²) >= 11 is 5.96. The molecule has 2 aliphatic heterocycles. The number of cyclic esters (lactones) is 1. The lowest BCUT2D eigenvalue weighted by Gasteiger charge is -2.61. The van der Waals surface area contributed by atoms with Crippen molar-refractivity contribution in [3.63, 3.8) is 0 Å². The van der Waals surface area contributed by atoms with E-state index >= 15 is 0 Å². The van der Waals surface area contributed by atoms with Gasteiger partial charge in [0, 0.05) is 66.6 Å². The Balaban J connectivity index is 1.01.